The number of morpholine rings is 1. The van der Waals surface area contributed by atoms with Crippen LogP contribution in [0.2, 0.25) is 0 Å². The van der Waals surface area contributed by atoms with Gasteiger partial charge in [-0.1, -0.05) is 43.2 Å². The first-order valence-corrected chi connectivity index (χ1v) is 9.43. The molecule has 2 fully saturated rings. The van der Waals surface area contributed by atoms with E-state index in [0.717, 1.165) is 36.9 Å². The van der Waals surface area contributed by atoms with E-state index in [-0.39, 0.29) is 11.9 Å². The average Bonchev–Trinajstić information content (AvgIpc) is 3.17. The first-order valence-electron chi connectivity index (χ1n) is 9.43. The predicted octanol–water partition coefficient (Wildman–Crippen LogP) is 5.12. The number of benzene rings is 2. The summed E-state index contributed by atoms with van der Waals surface area (Å²) in [5.74, 6) is -0.195. The molecule has 1 saturated heterocycles. The van der Waals surface area contributed by atoms with E-state index in [2.05, 4.69) is 30.0 Å². The Morgan fingerprint density at radius 1 is 1.00 bits per heavy atom. The van der Waals surface area contributed by atoms with Gasteiger partial charge in [0, 0.05) is 19.1 Å². The zero-order valence-corrected chi connectivity index (χ0v) is 14.9. The molecule has 1 saturated carbocycles. The molecule has 0 radical (unpaired) electrons. The van der Waals surface area contributed by atoms with E-state index in [4.69, 9.17) is 4.74 Å². The highest BCUT2D eigenvalue weighted by Gasteiger charge is 2.29. The minimum atomic E-state index is -0.195. The fourth-order valence-electron chi connectivity index (χ4n) is 4.32. The molecule has 0 N–H and O–H groups in total. The van der Waals surface area contributed by atoms with Crippen LogP contribution in [0.25, 0.3) is 11.1 Å². The second-order valence-corrected chi connectivity index (χ2v) is 7.37. The third kappa shape index (κ3) is 3.63. The van der Waals surface area contributed by atoms with E-state index in [9.17, 15) is 4.39 Å². The third-order valence-corrected chi connectivity index (χ3v) is 5.73. The highest BCUT2D eigenvalue weighted by Crippen LogP contribution is 2.32. The maximum atomic E-state index is 13.1. The molecule has 25 heavy (non-hydrogen) atoms. The Morgan fingerprint density at radius 2 is 1.72 bits per heavy atom. The van der Waals surface area contributed by atoms with Crippen molar-refractivity contribution in [2.75, 3.05) is 19.7 Å². The maximum absolute atomic E-state index is 13.1. The minimum Gasteiger partial charge on any atom is -0.371 e. The molecule has 0 amide bonds. The van der Waals surface area contributed by atoms with Crippen molar-refractivity contribution in [3.8, 4) is 11.1 Å². The lowest BCUT2D eigenvalue weighted by molar-refractivity contribution is -0.0443. The molecular weight excluding hydrogens is 313 g/mol. The van der Waals surface area contributed by atoms with Gasteiger partial charge in [-0.05, 0) is 54.2 Å². The SMILES string of the molecule is Cc1cc(-c2ccc(F)cc2)ccc1C1CN(C2CCCC2)CCO1. The van der Waals surface area contributed by atoms with Crippen molar-refractivity contribution in [2.24, 2.45) is 0 Å². The van der Waals surface area contributed by atoms with Crippen molar-refractivity contribution < 1.29 is 9.13 Å². The summed E-state index contributed by atoms with van der Waals surface area (Å²) in [7, 11) is 0. The summed E-state index contributed by atoms with van der Waals surface area (Å²) in [6.45, 7) is 5.04. The zero-order chi connectivity index (χ0) is 17.2. The van der Waals surface area contributed by atoms with Gasteiger partial charge >= 0.3 is 0 Å². The van der Waals surface area contributed by atoms with Gasteiger partial charge < -0.3 is 4.74 Å². The lowest BCUT2D eigenvalue weighted by Crippen LogP contribution is -2.43. The van der Waals surface area contributed by atoms with Crippen LogP contribution in [0.4, 0.5) is 4.39 Å². The van der Waals surface area contributed by atoms with Gasteiger partial charge in [0.25, 0.3) is 0 Å². The summed E-state index contributed by atoms with van der Waals surface area (Å²) in [6, 6.07) is 14.0. The fourth-order valence-corrected chi connectivity index (χ4v) is 4.32. The number of nitrogens with zero attached hydrogens (tertiary/aromatic N) is 1. The Labute approximate surface area is 149 Å². The maximum Gasteiger partial charge on any atom is 0.123 e. The van der Waals surface area contributed by atoms with Crippen molar-refractivity contribution in [1.82, 2.24) is 4.90 Å². The van der Waals surface area contributed by atoms with Crippen LogP contribution >= 0.6 is 0 Å². The second-order valence-electron chi connectivity index (χ2n) is 7.37. The molecule has 132 valence electrons. The molecule has 2 aromatic rings. The summed E-state index contributed by atoms with van der Waals surface area (Å²) in [4.78, 5) is 2.63. The molecule has 1 heterocycles. The van der Waals surface area contributed by atoms with E-state index in [1.165, 1.54) is 48.9 Å². The summed E-state index contributed by atoms with van der Waals surface area (Å²) >= 11 is 0. The van der Waals surface area contributed by atoms with Crippen LogP contribution in [0, 0.1) is 12.7 Å². The Morgan fingerprint density at radius 3 is 2.44 bits per heavy atom. The molecular formula is C22H26FNO. The summed E-state index contributed by atoms with van der Waals surface area (Å²) in [5.41, 5.74) is 4.71. The number of hydrogen-bond donors (Lipinski definition) is 0. The van der Waals surface area contributed by atoms with Gasteiger partial charge in [-0.3, -0.25) is 4.90 Å². The summed E-state index contributed by atoms with van der Waals surface area (Å²) in [5, 5.41) is 0. The predicted molar refractivity (Wildman–Crippen MR) is 99.1 cm³/mol. The van der Waals surface area contributed by atoms with Gasteiger partial charge in [-0.25, -0.2) is 4.39 Å². The number of hydrogen-bond acceptors (Lipinski definition) is 2. The van der Waals surface area contributed by atoms with Gasteiger partial charge in [0.05, 0.1) is 12.7 Å². The molecule has 0 aromatic heterocycles. The zero-order valence-electron chi connectivity index (χ0n) is 14.9. The Bertz CT molecular complexity index is 721. The standard InChI is InChI=1S/C22H26FNO/c1-16-14-18(17-6-9-19(23)10-7-17)8-11-21(16)22-15-24(12-13-25-22)20-4-2-3-5-20/h6-11,14,20,22H,2-5,12-13,15H2,1H3. The number of aryl methyl sites for hydroxylation is 1. The largest absolute Gasteiger partial charge is 0.371 e. The summed E-state index contributed by atoms with van der Waals surface area (Å²) in [6.07, 6.45) is 5.59. The van der Waals surface area contributed by atoms with Gasteiger partial charge in [0.15, 0.2) is 0 Å². The van der Waals surface area contributed by atoms with Gasteiger partial charge in [0.1, 0.15) is 5.82 Å². The lowest BCUT2D eigenvalue weighted by Gasteiger charge is -2.37. The van der Waals surface area contributed by atoms with Crippen LogP contribution < -0.4 is 0 Å². The van der Waals surface area contributed by atoms with Crippen LogP contribution in [-0.2, 0) is 4.74 Å². The van der Waals surface area contributed by atoms with Crippen molar-refractivity contribution in [3.63, 3.8) is 0 Å². The molecule has 0 bridgehead atoms. The number of halogens is 1. The fraction of sp³-hybridized carbons (Fsp3) is 0.455. The molecule has 2 nitrogen and oxygen atoms in total. The van der Waals surface area contributed by atoms with Crippen LogP contribution in [0.15, 0.2) is 42.5 Å². The number of ether oxygens (including phenoxy) is 1. The molecule has 0 spiro atoms. The first-order chi connectivity index (χ1) is 12.2. The van der Waals surface area contributed by atoms with Crippen LogP contribution in [0.1, 0.15) is 42.9 Å². The lowest BCUT2D eigenvalue weighted by atomic mass is 9.96. The molecule has 3 heteroatoms. The van der Waals surface area contributed by atoms with Crippen molar-refractivity contribution >= 4 is 0 Å². The van der Waals surface area contributed by atoms with Crippen molar-refractivity contribution in [1.29, 1.82) is 0 Å². The van der Waals surface area contributed by atoms with Crippen molar-refractivity contribution in [2.45, 2.75) is 44.8 Å². The Balaban J connectivity index is 1.53. The van der Waals surface area contributed by atoms with E-state index in [1.54, 1.807) is 0 Å². The Kier molecular flexibility index (Phi) is 4.87. The first kappa shape index (κ1) is 16.7. The topological polar surface area (TPSA) is 12.5 Å². The smallest absolute Gasteiger partial charge is 0.123 e. The van der Waals surface area contributed by atoms with Crippen LogP contribution in [0.3, 0.4) is 0 Å². The third-order valence-electron chi connectivity index (χ3n) is 5.73. The highest BCUT2D eigenvalue weighted by atomic mass is 19.1. The molecule has 1 unspecified atom stereocenters. The Hall–Kier alpha value is -1.71. The summed E-state index contributed by atoms with van der Waals surface area (Å²) < 4.78 is 19.2. The van der Waals surface area contributed by atoms with E-state index in [0.29, 0.717) is 0 Å². The molecule has 4 rings (SSSR count). The monoisotopic (exact) mass is 339 g/mol. The molecule has 2 aromatic carbocycles. The molecule has 1 atom stereocenters. The van der Waals surface area contributed by atoms with Crippen LogP contribution in [0.5, 0.6) is 0 Å². The molecule has 2 aliphatic rings. The second kappa shape index (κ2) is 7.27. The molecule has 1 aliphatic heterocycles. The van der Waals surface area contributed by atoms with Crippen molar-refractivity contribution in [3.05, 3.63) is 59.4 Å². The van der Waals surface area contributed by atoms with E-state index < -0.39 is 0 Å². The van der Waals surface area contributed by atoms with Crippen LogP contribution in [-0.4, -0.2) is 30.6 Å². The van der Waals surface area contributed by atoms with E-state index >= 15 is 0 Å². The number of rotatable bonds is 3. The normalized spacial score (nSPS) is 22.4. The highest BCUT2D eigenvalue weighted by molar-refractivity contribution is 5.64. The average molecular weight is 339 g/mol. The molecule has 1 aliphatic carbocycles. The van der Waals surface area contributed by atoms with Gasteiger partial charge in [0.2, 0.25) is 0 Å². The minimum absolute atomic E-state index is 0.164. The quantitative estimate of drug-likeness (QED) is 0.770. The van der Waals surface area contributed by atoms with Gasteiger partial charge in [-0.15, -0.1) is 0 Å². The van der Waals surface area contributed by atoms with E-state index in [1.807, 2.05) is 12.1 Å². The van der Waals surface area contributed by atoms with Gasteiger partial charge in [-0.2, -0.15) is 0 Å².